The van der Waals surface area contributed by atoms with Crippen LogP contribution in [0.2, 0.25) is 0 Å². The zero-order chi connectivity index (χ0) is 13.9. The van der Waals surface area contributed by atoms with Crippen molar-refractivity contribution in [3.63, 3.8) is 0 Å². The third kappa shape index (κ3) is 2.20. The number of nitriles is 1. The zero-order valence-electron chi connectivity index (χ0n) is 10.5. The molecule has 1 aromatic carbocycles. The first-order valence-electron chi connectivity index (χ1n) is 6.01. The molecule has 0 radical (unpaired) electrons. The van der Waals surface area contributed by atoms with Gasteiger partial charge in [-0.15, -0.1) is 0 Å². The molecular weight excluding hydrogens is 252 g/mol. The zero-order valence-corrected chi connectivity index (χ0v) is 10.5. The normalized spacial score (nSPS) is 10.2. The van der Waals surface area contributed by atoms with E-state index in [1.54, 1.807) is 29.1 Å². The maximum Gasteiger partial charge on any atom is 0.363 e. The lowest BCUT2D eigenvalue weighted by molar-refractivity contribution is -0.721. The summed E-state index contributed by atoms with van der Waals surface area (Å²) >= 11 is 0. The number of nitrogens with two attached hydrogens (primary N) is 1. The van der Waals surface area contributed by atoms with Gasteiger partial charge in [-0.05, 0) is 28.9 Å². The summed E-state index contributed by atoms with van der Waals surface area (Å²) in [6.07, 6.45) is 3.55. The largest absolute Gasteiger partial charge is 0.395 e. The van der Waals surface area contributed by atoms with E-state index in [2.05, 4.69) is 21.4 Å². The number of rotatable bonds is 2. The molecule has 0 atom stereocenters. The Morgan fingerprint density at radius 1 is 1.30 bits per heavy atom. The van der Waals surface area contributed by atoms with Gasteiger partial charge in [-0.1, -0.05) is 6.07 Å². The van der Waals surface area contributed by atoms with Gasteiger partial charge in [0.1, 0.15) is 11.3 Å². The molecule has 4 N–H and O–H groups in total. The van der Waals surface area contributed by atoms with Crippen molar-refractivity contribution in [2.45, 2.75) is 0 Å². The molecule has 2 aromatic heterocycles. The van der Waals surface area contributed by atoms with Crippen LogP contribution in [0, 0.1) is 11.3 Å². The van der Waals surface area contributed by atoms with Crippen LogP contribution in [0.4, 0.5) is 5.69 Å². The Balaban J connectivity index is 1.97. The lowest BCUT2D eigenvalue weighted by Crippen LogP contribution is -2.38. The molecule has 0 aliphatic carbocycles. The molecule has 0 unspecified atom stereocenters. The average Bonchev–Trinajstić information content (AvgIpc) is 2.98. The van der Waals surface area contributed by atoms with E-state index < -0.39 is 0 Å². The minimum absolute atomic E-state index is 0.607. The number of nitrogen functional groups attached to an aromatic ring is 1. The minimum Gasteiger partial charge on any atom is -0.395 e. The van der Waals surface area contributed by atoms with Crippen molar-refractivity contribution in [2.75, 3.05) is 5.73 Å². The SMILES string of the molecule is N#Cc1cccc(-c2c[n+](-c3ccc(N)c[nH+]3)[nH]n2)c1. The molecule has 0 amide bonds. The van der Waals surface area contributed by atoms with Crippen LogP contribution in [0.25, 0.3) is 17.1 Å². The summed E-state index contributed by atoms with van der Waals surface area (Å²) in [7, 11) is 0. The van der Waals surface area contributed by atoms with Crippen molar-refractivity contribution in [3.05, 3.63) is 54.4 Å². The minimum atomic E-state index is 0.607. The van der Waals surface area contributed by atoms with Crippen molar-refractivity contribution in [1.82, 2.24) is 10.3 Å². The number of hydrogen-bond donors (Lipinski definition) is 2. The summed E-state index contributed by atoms with van der Waals surface area (Å²) in [5.74, 6) is 0.814. The fraction of sp³-hybridized carbons (Fsp3) is 0. The van der Waals surface area contributed by atoms with Crippen molar-refractivity contribution in [3.8, 4) is 23.1 Å². The molecule has 6 heteroatoms. The van der Waals surface area contributed by atoms with E-state index in [9.17, 15) is 0 Å². The highest BCUT2D eigenvalue weighted by Gasteiger charge is 2.19. The topological polar surface area (TPSA) is 96.5 Å². The van der Waals surface area contributed by atoms with Crippen molar-refractivity contribution >= 4 is 5.69 Å². The quantitative estimate of drug-likeness (QED) is 0.664. The third-order valence-electron chi connectivity index (χ3n) is 2.90. The van der Waals surface area contributed by atoms with Gasteiger partial charge < -0.3 is 5.73 Å². The van der Waals surface area contributed by atoms with Crippen molar-refractivity contribution in [2.24, 2.45) is 0 Å². The fourth-order valence-electron chi connectivity index (χ4n) is 1.88. The Morgan fingerprint density at radius 2 is 2.20 bits per heavy atom. The van der Waals surface area contributed by atoms with Crippen LogP contribution >= 0.6 is 0 Å². The Labute approximate surface area is 115 Å². The van der Waals surface area contributed by atoms with E-state index >= 15 is 0 Å². The van der Waals surface area contributed by atoms with Crippen LogP contribution in [0.5, 0.6) is 0 Å². The molecule has 2 heterocycles. The summed E-state index contributed by atoms with van der Waals surface area (Å²) in [6, 6.07) is 13.1. The number of benzene rings is 1. The van der Waals surface area contributed by atoms with Gasteiger partial charge in [-0.25, -0.2) is 4.98 Å². The van der Waals surface area contributed by atoms with E-state index in [4.69, 9.17) is 11.0 Å². The molecule has 0 saturated carbocycles. The first kappa shape index (κ1) is 11.9. The predicted molar refractivity (Wildman–Crippen MR) is 71.2 cm³/mol. The van der Waals surface area contributed by atoms with Gasteiger partial charge in [0.2, 0.25) is 6.20 Å². The van der Waals surface area contributed by atoms with Gasteiger partial charge in [0, 0.05) is 10.8 Å². The number of aromatic amines is 2. The molecule has 0 aliphatic rings. The maximum atomic E-state index is 8.92. The van der Waals surface area contributed by atoms with Crippen LogP contribution in [-0.2, 0) is 0 Å². The van der Waals surface area contributed by atoms with Gasteiger partial charge in [0.05, 0.1) is 23.4 Å². The molecule has 0 aliphatic heterocycles. The Morgan fingerprint density at radius 3 is 2.95 bits per heavy atom. The highest BCUT2D eigenvalue weighted by molar-refractivity contribution is 5.59. The Hall–Kier alpha value is -3.20. The summed E-state index contributed by atoms with van der Waals surface area (Å²) in [5, 5.41) is 16.0. The van der Waals surface area contributed by atoms with Crippen LogP contribution in [0.1, 0.15) is 5.56 Å². The molecule has 0 fully saturated rings. The molecule has 6 nitrogen and oxygen atoms in total. The van der Waals surface area contributed by atoms with Gasteiger partial charge in [0.15, 0.2) is 0 Å². The number of aromatic nitrogens is 4. The Kier molecular flexibility index (Phi) is 2.86. The second kappa shape index (κ2) is 4.82. The number of nitrogens with one attached hydrogen (secondary N) is 2. The first-order chi connectivity index (χ1) is 9.76. The molecule has 20 heavy (non-hydrogen) atoms. The predicted octanol–water partition coefficient (Wildman–Crippen LogP) is 0.621. The molecule has 0 spiro atoms. The molecular formula is C14H12N6+2. The van der Waals surface area contributed by atoms with Crippen LogP contribution in [0.3, 0.4) is 0 Å². The highest BCUT2D eigenvalue weighted by Crippen LogP contribution is 2.16. The van der Waals surface area contributed by atoms with Gasteiger partial charge >= 0.3 is 5.82 Å². The number of pyridine rings is 1. The summed E-state index contributed by atoms with van der Waals surface area (Å²) in [5.41, 5.74) is 8.55. The fourth-order valence-corrected chi connectivity index (χ4v) is 1.88. The number of H-pyrrole nitrogens is 2. The van der Waals surface area contributed by atoms with Gasteiger partial charge in [-0.2, -0.15) is 5.26 Å². The molecule has 0 saturated heterocycles. The van der Waals surface area contributed by atoms with Crippen molar-refractivity contribution < 1.29 is 9.67 Å². The van der Waals surface area contributed by atoms with Crippen LogP contribution < -0.4 is 15.4 Å². The van der Waals surface area contributed by atoms with Crippen molar-refractivity contribution in [1.29, 1.82) is 5.26 Å². The summed E-state index contributed by atoms with van der Waals surface area (Å²) < 4.78 is 1.74. The van der Waals surface area contributed by atoms with E-state index in [0.717, 1.165) is 17.1 Å². The number of hydrogen-bond acceptors (Lipinski definition) is 3. The second-order valence-corrected chi connectivity index (χ2v) is 4.30. The monoisotopic (exact) mass is 264 g/mol. The van der Waals surface area contributed by atoms with E-state index in [-0.39, 0.29) is 0 Å². The number of nitrogens with zero attached hydrogens (tertiary/aromatic N) is 3. The van der Waals surface area contributed by atoms with Gasteiger partial charge in [0.25, 0.3) is 5.69 Å². The summed E-state index contributed by atoms with van der Waals surface area (Å²) in [6.45, 7) is 0. The second-order valence-electron chi connectivity index (χ2n) is 4.30. The number of anilines is 1. The van der Waals surface area contributed by atoms with E-state index in [1.807, 2.05) is 24.4 Å². The van der Waals surface area contributed by atoms with Gasteiger partial charge in [-0.3, -0.25) is 0 Å². The summed E-state index contributed by atoms with van der Waals surface area (Å²) in [4.78, 5) is 3.05. The van der Waals surface area contributed by atoms with Crippen LogP contribution in [-0.4, -0.2) is 10.3 Å². The maximum absolute atomic E-state index is 8.92. The van der Waals surface area contributed by atoms with E-state index in [0.29, 0.717) is 11.3 Å². The highest BCUT2D eigenvalue weighted by atomic mass is 15.4. The standard InChI is InChI=1S/C14H10N6/c15-7-10-2-1-3-11(6-10)13-9-20(19-18-13)14-5-4-12(16)8-17-14/h1-6,8-9H,16H2/p+2. The van der Waals surface area contributed by atoms with Crippen LogP contribution in [0.15, 0.2) is 48.8 Å². The molecule has 0 bridgehead atoms. The Bertz CT molecular complexity index is 782. The van der Waals surface area contributed by atoms with E-state index in [1.165, 1.54) is 0 Å². The lowest BCUT2D eigenvalue weighted by Gasteiger charge is -1.90. The lowest BCUT2D eigenvalue weighted by atomic mass is 10.1. The third-order valence-corrected chi connectivity index (χ3v) is 2.90. The first-order valence-corrected chi connectivity index (χ1v) is 6.01. The smallest absolute Gasteiger partial charge is 0.363 e. The molecule has 96 valence electrons. The average molecular weight is 264 g/mol. The molecule has 3 aromatic rings. The molecule has 3 rings (SSSR count).